The van der Waals surface area contributed by atoms with Gasteiger partial charge in [0.1, 0.15) is 5.60 Å². The third kappa shape index (κ3) is 3.06. The fraction of sp³-hybridized carbons (Fsp3) is 0.533. The van der Waals surface area contributed by atoms with Gasteiger partial charge in [0.05, 0.1) is 16.1 Å². The molecule has 1 aliphatic rings. The van der Waals surface area contributed by atoms with Crippen molar-refractivity contribution in [3.05, 3.63) is 28.5 Å². The fourth-order valence-corrected chi connectivity index (χ4v) is 2.25. The number of benzene rings is 1. The van der Waals surface area contributed by atoms with Crippen LogP contribution in [0.15, 0.2) is 12.1 Å². The molecule has 0 atom stereocenters. The molecule has 0 unspecified atom stereocenters. The van der Waals surface area contributed by atoms with Crippen LogP contribution in [0, 0.1) is 11.2 Å². The third-order valence-corrected chi connectivity index (χ3v) is 3.75. The number of ether oxygens (including phenoxy) is 1. The van der Waals surface area contributed by atoms with Crippen LogP contribution in [0.5, 0.6) is 0 Å². The minimum absolute atomic E-state index is 0.0656. The molecular formula is C15H19ClFNO2. The number of anilines is 1. The van der Waals surface area contributed by atoms with Crippen molar-refractivity contribution < 1.29 is 13.9 Å². The summed E-state index contributed by atoms with van der Waals surface area (Å²) in [5.41, 5.74) is 4.78. The molecule has 0 amide bonds. The van der Waals surface area contributed by atoms with Crippen molar-refractivity contribution in [1.82, 2.24) is 0 Å². The van der Waals surface area contributed by atoms with Gasteiger partial charge in [0, 0.05) is 0 Å². The van der Waals surface area contributed by atoms with Crippen molar-refractivity contribution in [2.45, 2.75) is 45.6 Å². The Kier molecular flexibility index (Phi) is 3.71. The number of nitrogens with two attached hydrogens (primary N) is 1. The average Bonchev–Trinajstić information content (AvgIpc) is 3.09. The maximum absolute atomic E-state index is 14.1. The van der Waals surface area contributed by atoms with Gasteiger partial charge in [0.2, 0.25) is 0 Å². The summed E-state index contributed by atoms with van der Waals surface area (Å²) in [4.78, 5) is 12.2. The molecule has 2 rings (SSSR count). The highest BCUT2D eigenvalue weighted by molar-refractivity contribution is 6.33. The lowest BCUT2D eigenvalue weighted by molar-refractivity contribution is -0.161. The molecule has 3 nitrogen and oxygen atoms in total. The van der Waals surface area contributed by atoms with Crippen molar-refractivity contribution in [2.24, 2.45) is 5.41 Å². The molecule has 0 aromatic heterocycles. The van der Waals surface area contributed by atoms with Gasteiger partial charge in [-0.2, -0.15) is 0 Å². The number of hydrogen-bond acceptors (Lipinski definition) is 3. The number of esters is 1. The smallest absolute Gasteiger partial charge is 0.312 e. The van der Waals surface area contributed by atoms with Crippen LogP contribution in [-0.4, -0.2) is 11.6 Å². The maximum Gasteiger partial charge on any atom is 0.312 e. The van der Waals surface area contributed by atoms with Crippen molar-refractivity contribution in [3.8, 4) is 0 Å². The van der Waals surface area contributed by atoms with E-state index in [-0.39, 0.29) is 16.7 Å². The van der Waals surface area contributed by atoms with E-state index in [9.17, 15) is 9.18 Å². The SMILES string of the molecule is CC(C)(C)OC(=O)C1(Cc2ccc(Cl)c(N)c2F)CC1. The number of carbonyl (C=O) groups excluding carboxylic acids is 1. The average molecular weight is 300 g/mol. The summed E-state index contributed by atoms with van der Waals surface area (Å²) in [5, 5.41) is 0.188. The van der Waals surface area contributed by atoms with E-state index in [4.69, 9.17) is 22.1 Å². The second-order valence-electron chi connectivity index (χ2n) is 6.39. The Morgan fingerprint density at radius 2 is 2.05 bits per heavy atom. The minimum Gasteiger partial charge on any atom is -0.460 e. The summed E-state index contributed by atoms with van der Waals surface area (Å²) in [7, 11) is 0. The van der Waals surface area contributed by atoms with Gasteiger partial charge in [0.25, 0.3) is 0 Å². The molecule has 0 saturated heterocycles. The van der Waals surface area contributed by atoms with Crippen LogP contribution in [0.1, 0.15) is 39.2 Å². The van der Waals surface area contributed by atoms with E-state index in [1.165, 1.54) is 0 Å². The number of rotatable bonds is 3. The fourth-order valence-electron chi connectivity index (χ4n) is 2.11. The largest absolute Gasteiger partial charge is 0.460 e. The van der Waals surface area contributed by atoms with E-state index in [1.807, 2.05) is 20.8 Å². The van der Waals surface area contributed by atoms with E-state index in [2.05, 4.69) is 0 Å². The summed E-state index contributed by atoms with van der Waals surface area (Å²) >= 11 is 5.77. The molecule has 0 spiro atoms. The van der Waals surface area contributed by atoms with Crippen LogP contribution < -0.4 is 5.73 Å². The van der Waals surface area contributed by atoms with Gasteiger partial charge in [-0.25, -0.2) is 4.39 Å². The van der Waals surface area contributed by atoms with Crippen molar-refractivity contribution >= 4 is 23.3 Å². The highest BCUT2D eigenvalue weighted by Crippen LogP contribution is 2.50. The predicted molar refractivity (Wildman–Crippen MR) is 77.0 cm³/mol. The molecule has 0 aliphatic heterocycles. The van der Waals surface area contributed by atoms with Crippen LogP contribution >= 0.6 is 11.6 Å². The van der Waals surface area contributed by atoms with Crippen LogP contribution in [0.4, 0.5) is 10.1 Å². The number of carbonyl (C=O) groups is 1. The first-order valence-corrected chi connectivity index (χ1v) is 6.98. The molecule has 1 aromatic rings. The molecule has 1 saturated carbocycles. The van der Waals surface area contributed by atoms with Crippen molar-refractivity contribution in [1.29, 1.82) is 0 Å². The second kappa shape index (κ2) is 4.92. The van der Waals surface area contributed by atoms with Gasteiger partial charge in [-0.15, -0.1) is 0 Å². The molecular weight excluding hydrogens is 281 g/mol. The predicted octanol–water partition coefficient (Wildman–Crippen LogP) is 3.73. The molecule has 0 bridgehead atoms. The maximum atomic E-state index is 14.1. The van der Waals surface area contributed by atoms with E-state index in [0.29, 0.717) is 24.8 Å². The molecule has 2 N–H and O–H groups in total. The summed E-state index contributed by atoms with van der Waals surface area (Å²) < 4.78 is 19.5. The van der Waals surface area contributed by atoms with Crippen molar-refractivity contribution in [2.75, 3.05) is 5.73 Å². The third-order valence-electron chi connectivity index (χ3n) is 3.42. The van der Waals surface area contributed by atoms with Crippen LogP contribution in [-0.2, 0) is 16.0 Å². The number of hydrogen-bond donors (Lipinski definition) is 1. The standard InChI is InChI=1S/C15H19ClFNO2/c1-14(2,3)20-13(19)15(6-7-15)8-9-4-5-10(16)12(18)11(9)17/h4-5H,6-8,18H2,1-3H3. The zero-order valence-electron chi connectivity index (χ0n) is 11.9. The first kappa shape index (κ1) is 15.1. The summed E-state index contributed by atoms with van der Waals surface area (Å²) in [6.07, 6.45) is 1.73. The molecule has 0 heterocycles. The van der Waals surface area contributed by atoms with Crippen molar-refractivity contribution in [3.63, 3.8) is 0 Å². The Balaban J connectivity index is 2.18. The normalized spacial score (nSPS) is 16.9. The molecule has 110 valence electrons. The first-order valence-electron chi connectivity index (χ1n) is 6.60. The van der Waals surface area contributed by atoms with E-state index in [0.717, 1.165) is 0 Å². The van der Waals surface area contributed by atoms with Gasteiger partial charge in [-0.05, 0) is 51.7 Å². The lowest BCUT2D eigenvalue weighted by atomic mass is 9.95. The van der Waals surface area contributed by atoms with Gasteiger partial charge in [-0.3, -0.25) is 4.79 Å². The number of nitrogen functional groups attached to an aromatic ring is 1. The Labute approximate surface area is 123 Å². The monoisotopic (exact) mass is 299 g/mol. The van der Waals surface area contributed by atoms with E-state index < -0.39 is 16.8 Å². The topological polar surface area (TPSA) is 52.3 Å². The minimum atomic E-state index is -0.603. The summed E-state index contributed by atoms with van der Waals surface area (Å²) in [6.45, 7) is 5.46. The highest BCUT2D eigenvalue weighted by Gasteiger charge is 2.52. The Hall–Kier alpha value is -1.29. The molecule has 1 fully saturated rings. The highest BCUT2D eigenvalue weighted by atomic mass is 35.5. The molecule has 1 aromatic carbocycles. The van der Waals surface area contributed by atoms with Crippen LogP contribution in [0.2, 0.25) is 5.02 Å². The molecule has 1 aliphatic carbocycles. The Morgan fingerprint density at radius 1 is 1.45 bits per heavy atom. The number of halogens is 2. The van der Waals surface area contributed by atoms with E-state index >= 15 is 0 Å². The van der Waals surface area contributed by atoms with Crippen LogP contribution in [0.25, 0.3) is 0 Å². The van der Waals surface area contributed by atoms with Gasteiger partial charge < -0.3 is 10.5 Å². The van der Waals surface area contributed by atoms with E-state index in [1.54, 1.807) is 12.1 Å². The van der Waals surface area contributed by atoms with Gasteiger partial charge in [0.15, 0.2) is 5.82 Å². The summed E-state index contributed by atoms with van der Waals surface area (Å²) in [5.74, 6) is -0.801. The van der Waals surface area contributed by atoms with Gasteiger partial charge in [-0.1, -0.05) is 17.7 Å². The first-order chi connectivity index (χ1) is 9.15. The second-order valence-corrected chi connectivity index (χ2v) is 6.80. The molecule has 0 radical (unpaired) electrons. The van der Waals surface area contributed by atoms with Crippen LogP contribution in [0.3, 0.4) is 0 Å². The molecule has 5 heteroatoms. The quantitative estimate of drug-likeness (QED) is 0.683. The Bertz CT molecular complexity index is 548. The lowest BCUT2D eigenvalue weighted by Crippen LogP contribution is -2.31. The Morgan fingerprint density at radius 3 is 2.55 bits per heavy atom. The zero-order chi connectivity index (χ0) is 15.1. The van der Waals surface area contributed by atoms with Gasteiger partial charge >= 0.3 is 5.97 Å². The molecule has 20 heavy (non-hydrogen) atoms. The zero-order valence-corrected chi connectivity index (χ0v) is 12.7. The summed E-state index contributed by atoms with van der Waals surface area (Å²) in [6, 6.07) is 3.14. The lowest BCUT2D eigenvalue weighted by Gasteiger charge is -2.24.